The topological polar surface area (TPSA) is 102 Å². The predicted octanol–water partition coefficient (Wildman–Crippen LogP) is 3.14. The van der Waals surface area contributed by atoms with E-state index in [0.717, 1.165) is 41.8 Å². The van der Waals surface area contributed by atoms with Crippen LogP contribution in [-0.2, 0) is 0 Å². The number of halogens is 1. The maximum atomic E-state index is 14.7. The van der Waals surface area contributed by atoms with Crippen LogP contribution in [0.2, 0.25) is 0 Å². The molecule has 3 saturated heterocycles. The first-order chi connectivity index (χ1) is 17.3. The standard InChI is InChI=1S/C26H33FN8O/c1-16(2)23-17-10-22(30-11-18(17)19(12-31-23)35-9-6-26(35)13-28-14-26)32-21-4-7-29-24(33-21)34-8-5-20(36)25(3,27)15-34/h4,7,10-12,16,20,28,36H,5-6,8-9,13-15H2,1-3H3,(H,29,30,32,33)/t20-,25+/m1/s1. The van der Waals surface area contributed by atoms with E-state index < -0.39 is 11.8 Å². The molecule has 6 rings (SSSR count). The number of aromatic nitrogens is 4. The predicted molar refractivity (Wildman–Crippen MR) is 139 cm³/mol. The highest BCUT2D eigenvalue weighted by molar-refractivity contribution is 5.97. The van der Waals surface area contributed by atoms with Crippen LogP contribution in [0.5, 0.6) is 0 Å². The summed E-state index contributed by atoms with van der Waals surface area (Å²) in [6, 6.07) is 3.82. The van der Waals surface area contributed by atoms with Crippen molar-refractivity contribution in [3.63, 3.8) is 0 Å². The second kappa shape index (κ2) is 8.48. The lowest BCUT2D eigenvalue weighted by Crippen LogP contribution is -2.76. The summed E-state index contributed by atoms with van der Waals surface area (Å²) in [5.41, 5.74) is 0.709. The van der Waals surface area contributed by atoms with Crippen LogP contribution < -0.4 is 20.4 Å². The van der Waals surface area contributed by atoms with Gasteiger partial charge in [0.05, 0.1) is 35.8 Å². The molecule has 1 spiro atoms. The Bertz CT molecular complexity index is 1290. The first-order valence-corrected chi connectivity index (χ1v) is 12.7. The van der Waals surface area contributed by atoms with E-state index in [1.54, 1.807) is 17.2 Å². The van der Waals surface area contributed by atoms with Crippen LogP contribution in [0.4, 0.5) is 27.7 Å². The lowest BCUT2D eigenvalue weighted by molar-refractivity contribution is -0.00860. The van der Waals surface area contributed by atoms with Crippen molar-refractivity contribution in [3.8, 4) is 0 Å². The molecule has 10 heteroatoms. The van der Waals surface area contributed by atoms with Gasteiger partial charge in [-0.25, -0.2) is 14.4 Å². The van der Waals surface area contributed by atoms with Crippen molar-refractivity contribution in [2.45, 2.75) is 56.8 Å². The summed E-state index contributed by atoms with van der Waals surface area (Å²) < 4.78 is 14.7. The molecule has 0 unspecified atom stereocenters. The van der Waals surface area contributed by atoms with Gasteiger partial charge in [-0.2, -0.15) is 4.98 Å². The summed E-state index contributed by atoms with van der Waals surface area (Å²) in [4.78, 5) is 22.8. The Morgan fingerprint density at radius 3 is 2.64 bits per heavy atom. The zero-order chi connectivity index (χ0) is 25.1. The van der Waals surface area contributed by atoms with E-state index >= 15 is 0 Å². The van der Waals surface area contributed by atoms with Gasteiger partial charge < -0.3 is 25.5 Å². The van der Waals surface area contributed by atoms with E-state index in [-0.39, 0.29) is 18.0 Å². The Morgan fingerprint density at radius 2 is 1.97 bits per heavy atom. The summed E-state index contributed by atoms with van der Waals surface area (Å²) >= 11 is 0. The number of piperidine rings is 1. The van der Waals surface area contributed by atoms with Gasteiger partial charge in [0.2, 0.25) is 5.95 Å². The van der Waals surface area contributed by atoms with E-state index in [9.17, 15) is 9.50 Å². The molecule has 3 aromatic heterocycles. The van der Waals surface area contributed by atoms with Gasteiger partial charge in [0.1, 0.15) is 11.6 Å². The van der Waals surface area contributed by atoms with Crippen molar-refractivity contribution in [2.75, 3.05) is 47.8 Å². The number of aliphatic hydroxyl groups excluding tert-OH is 1. The minimum absolute atomic E-state index is 0.0472. The van der Waals surface area contributed by atoms with Crippen LogP contribution >= 0.6 is 0 Å². The Balaban J connectivity index is 1.30. The van der Waals surface area contributed by atoms with Crippen LogP contribution in [0.3, 0.4) is 0 Å². The number of hydrogen-bond acceptors (Lipinski definition) is 9. The van der Waals surface area contributed by atoms with Crippen LogP contribution in [-0.4, -0.2) is 75.1 Å². The summed E-state index contributed by atoms with van der Waals surface area (Å²) in [6.07, 6.45) is 6.16. The van der Waals surface area contributed by atoms with Crippen molar-refractivity contribution < 1.29 is 9.50 Å². The molecule has 0 aromatic carbocycles. The molecule has 3 fully saturated rings. The van der Waals surface area contributed by atoms with E-state index in [2.05, 4.69) is 39.3 Å². The molecular weight excluding hydrogens is 459 g/mol. The minimum atomic E-state index is -1.70. The highest BCUT2D eigenvalue weighted by atomic mass is 19.1. The van der Waals surface area contributed by atoms with E-state index in [1.165, 1.54) is 13.3 Å². The second-order valence-electron chi connectivity index (χ2n) is 10.9. The highest BCUT2D eigenvalue weighted by Gasteiger charge is 2.50. The maximum Gasteiger partial charge on any atom is 0.227 e. The first kappa shape index (κ1) is 23.3. The van der Waals surface area contributed by atoms with Gasteiger partial charge in [0.25, 0.3) is 0 Å². The first-order valence-electron chi connectivity index (χ1n) is 12.7. The third kappa shape index (κ3) is 3.83. The highest BCUT2D eigenvalue weighted by Crippen LogP contribution is 2.42. The number of nitrogens with zero attached hydrogens (tertiary/aromatic N) is 6. The van der Waals surface area contributed by atoms with Gasteiger partial charge in [-0.15, -0.1) is 0 Å². The third-order valence-corrected chi connectivity index (χ3v) is 7.95. The molecule has 0 saturated carbocycles. The van der Waals surface area contributed by atoms with Crippen LogP contribution in [0, 0.1) is 0 Å². The van der Waals surface area contributed by atoms with Gasteiger partial charge in [0.15, 0.2) is 5.67 Å². The van der Waals surface area contributed by atoms with E-state index in [1.807, 2.05) is 18.5 Å². The molecule has 0 bridgehead atoms. The number of rotatable bonds is 5. The third-order valence-electron chi connectivity index (χ3n) is 7.95. The zero-order valence-corrected chi connectivity index (χ0v) is 21.0. The molecule has 0 amide bonds. The van der Waals surface area contributed by atoms with Crippen molar-refractivity contribution in [1.29, 1.82) is 0 Å². The molecule has 3 N–H and O–H groups in total. The average molecular weight is 493 g/mol. The fourth-order valence-electron chi connectivity index (χ4n) is 5.59. The van der Waals surface area contributed by atoms with Crippen molar-refractivity contribution in [2.24, 2.45) is 0 Å². The monoisotopic (exact) mass is 492 g/mol. The van der Waals surface area contributed by atoms with Gasteiger partial charge >= 0.3 is 0 Å². The number of alkyl halides is 1. The van der Waals surface area contributed by atoms with Gasteiger partial charge in [0, 0.05) is 49.3 Å². The summed E-state index contributed by atoms with van der Waals surface area (Å²) in [7, 11) is 0. The number of nitrogens with one attached hydrogen (secondary N) is 2. The maximum absolute atomic E-state index is 14.7. The van der Waals surface area contributed by atoms with Crippen molar-refractivity contribution >= 4 is 34.0 Å². The molecule has 3 aromatic rings. The van der Waals surface area contributed by atoms with E-state index in [0.29, 0.717) is 30.5 Å². The van der Waals surface area contributed by atoms with Gasteiger partial charge in [-0.3, -0.25) is 4.98 Å². The Morgan fingerprint density at radius 1 is 1.14 bits per heavy atom. The second-order valence-corrected chi connectivity index (χ2v) is 10.9. The molecule has 2 atom stereocenters. The van der Waals surface area contributed by atoms with Crippen LogP contribution in [0.15, 0.2) is 30.7 Å². The van der Waals surface area contributed by atoms with Gasteiger partial charge in [-0.05, 0) is 37.8 Å². The van der Waals surface area contributed by atoms with Crippen LogP contribution in [0.1, 0.15) is 45.2 Å². The molecular formula is C26H33FN8O. The largest absolute Gasteiger partial charge is 0.390 e. The summed E-state index contributed by atoms with van der Waals surface area (Å²) in [5, 5.41) is 18.9. The Labute approximate surface area is 210 Å². The molecule has 190 valence electrons. The van der Waals surface area contributed by atoms with Crippen LogP contribution in [0.25, 0.3) is 10.8 Å². The fraction of sp³-hybridized carbons (Fsp3) is 0.538. The Hall–Kier alpha value is -3.11. The number of hydrogen-bond donors (Lipinski definition) is 3. The summed E-state index contributed by atoms with van der Waals surface area (Å²) in [5.74, 6) is 1.94. The average Bonchev–Trinajstić information content (AvgIpc) is 2.79. The summed E-state index contributed by atoms with van der Waals surface area (Å²) in [6.45, 7) is 9.34. The van der Waals surface area contributed by atoms with Gasteiger partial charge in [-0.1, -0.05) is 13.8 Å². The molecule has 3 aliphatic heterocycles. The number of pyridine rings is 2. The number of aliphatic hydroxyl groups is 1. The molecule has 6 heterocycles. The molecule has 9 nitrogen and oxygen atoms in total. The van der Waals surface area contributed by atoms with Crippen molar-refractivity contribution in [3.05, 3.63) is 36.4 Å². The smallest absolute Gasteiger partial charge is 0.227 e. The molecule has 3 aliphatic rings. The Kier molecular flexibility index (Phi) is 5.49. The van der Waals surface area contributed by atoms with E-state index in [4.69, 9.17) is 9.97 Å². The van der Waals surface area contributed by atoms with Crippen molar-refractivity contribution in [1.82, 2.24) is 25.3 Å². The molecule has 36 heavy (non-hydrogen) atoms. The minimum Gasteiger partial charge on any atom is -0.390 e. The SMILES string of the molecule is CC(C)c1ncc(N2CCC23CNC3)c2cnc(Nc3ccnc(N4CC[C@@H](O)[C@@](C)(F)C4)n3)cc12. The number of fused-ring (bicyclic) bond motifs is 1. The molecule has 0 aliphatic carbocycles. The lowest BCUT2D eigenvalue weighted by Gasteiger charge is -2.60. The zero-order valence-electron chi connectivity index (χ0n) is 21.0. The fourth-order valence-corrected chi connectivity index (χ4v) is 5.59. The quantitative estimate of drug-likeness (QED) is 0.496. The lowest BCUT2D eigenvalue weighted by atomic mass is 9.78. The normalized spacial score (nSPS) is 25.2. The number of anilines is 4. The molecule has 0 radical (unpaired) electrons.